The van der Waals surface area contributed by atoms with E-state index in [-0.39, 0.29) is 0 Å². The van der Waals surface area contributed by atoms with E-state index in [1.54, 1.807) is 0 Å². The van der Waals surface area contributed by atoms with Crippen LogP contribution in [0.15, 0.2) is 24.3 Å². The fourth-order valence-electron chi connectivity index (χ4n) is 2.61. The minimum atomic E-state index is 0.566. The molecule has 0 saturated carbocycles. The summed E-state index contributed by atoms with van der Waals surface area (Å²) in [7, 11) is 0. The zero-order chi connectivity index (χ0) is 14.2. The van der Waals surface area contributed by atoms with Gasteiger partial charge >= 0.3 is 0 Å². The van der Waals surface area contributed by atoms with Crippen molar-refractivity contribution in [3.8, 4) is 5.75 Å². The largest absolute Gasteiger partial charge is 0.492 e. The molecule has 2 rings (SSSR count). The minimum absolute atomic E-state index is 0.566. The van der Waals surface area contributed by atoms with Crippen LogP contribution in [0.5, 0.6) is 5.75 Å². The smallest absolute Gasteiger partial charge is 0.119 e. The molecular weight excluding hydrogens is 250 g/mol. The van der Waals surface area contributed by atoms with Crippen molar-refractivity contribution in [2.75, 3.05) is 45.9 Å². The maximum Gasteiger partial charge on any atom is 0.119 e. The highest BCUT2D eigenvalue weighted by Crippen LogP contribution is 2.13. The van der Waals surface area contributed by atoms with Crippen LogP contribution >= 0.6 is 0 Å². The summed E-state index contributed by atoms with van der Waals surface area (Å²) in [6, 6.07) is 8.05. The predicted octanol–water partition coefficient (Wildman–Crippen LogP) is 1.55. The van der Waals surface area contributed by atoms with Gasteiger partial charge in [-0.25, -0.2) is 0 Å². The van der Waals surface area contributed by atoms with Gasteiger partial charge in [0.1, 0.15) is 12.4 Å². The standard InChI is InChI=1S/C16H27N3O/c1-2-6-18-7-9-19(10-8-18)11-12-20-16-5-3-4-15(13-16)14-17/h3-5,13H,2,6-12,14,17H2,1H3. The molecule has 0 aliphatic carbocycles. The van der Waals surface area contributed by atoms with E-state index in [0.29, 0.717) is 6.54 Å². The Morgan fingerprint density at radius 3 is 2.45 bits per heavy atom. The summed E-state index contributed by atoms with van der Waals surface area (Å²) in [5.41, 5.74) is 6.75. The molecule has 0 amide bonds. The van der Waals surface area contributed by atoms with Gasteiger partial charge < -0.3 is 15.4 Å². The summed E-state index contributed by atoms with van der Waals surface area (Å²) in [6.07, 6.45) is 1.25. The average molecular weight is 277 g/mol. The molecule has 0 bridgehead atoms. The van der Waals surface area contributed by atoms with Crippen molar-refractivity contribution in [3.05, 3.63) is 29.8 Å². The molecule has 1 saturated heterocycles. The SMILES string of the molecule is CCCN1CCN(CCOc2cccc(CN)c2)CC1. The van der Waals surface area contributed by atoms with Gasteiger partial charge in [-0.3, -0.25) is 4.90 Å². The van der Waals surface area contributed by atoms with Crippen LogP contribution in [-0.2, 0) is 6.54 Å². The highest BCUT2D eigenvalue weighted by atomic mass is 16.5. The molecule has 0 atom stereocenters. The van der Waals surface area contributed by atoms with Crippen molar-refractivity contribution < 1.29 is 4.74 Å². The first-order chi connectivity index (χ1) is 9.81. The van der Waals surface area contributed by atoms with Gasteiger partial charge in [0.2, 0.25) is 0 Å². The first-order valence-electron chi connectivity index (χ1n) is 7.68. The van der Waals surface area contributed by atoms with E-state index in [9.17, 15) is 0 Å². The first-order valence-corrected chi connectivity index (χ1v) is 7.68. The van der Waals surface area contributed by atoms with Gasteiger partial charge in [0.15, 0.2) is 0 Å². The van der Waals surface area contributed by atoms with Gasteiger partial charge in [-0.1, -0.05) is 19.1 Å². The number of benzene rings is 1. The number of hydrogen-bond donors (Lipinski definition) is 1. The maximum atomic E-state index is 5.81. The van der Waals surface area contributed by atoms with Crippen molar-refractivity contribution >= 4 is 0 Å². The second-order valence-electron chi connectivity index (χ2n) is 5.38. The van der Waals surface area contributed by atoms with Crippen LogP contribution in [0, 0.1) is 0 Å². The summed E-state index contributed by atoms with van der Waals surface area (Å²) in [6.45, 7) is 10.5. The van der Waals surface area contributed by atoms with E-state index in [1.165, 1.54) is 26.1 Å². The van der Waals surface area contributed by atoms with E-state index in [4.69, 9.17) is 10.5 Å². The van der Waals surface area contributed by atoms with Crippen LogP contribution in [0.3, 0.4) is 0 Å². The summed E-state index contributed by atoms with van der Waals surface area (Å²) >= 11 is 0. The zero-order valence-corrected chi connectivity index (χ0v) is 12.6. The third-order valence-corrected chi connectivity index (χ3v) is 3.82. The molecule has 4 nitrogen and oxygen atoms in total. The number of piperazine rings is 1. The van der Waals surface area contributed by atoms with E-state index in [1.807, 2.05) is 24.3 Å². The maximum absolute atomic E-state index is 5.81. The molecule has 1 fully saturated rings. The monoisotopic (exact) mass is 277 g/mol. The van der Waals surface area contributed by atoms with Crippen LogP contribution in [-0.4, -0.2) is 55.7 Å². The minimum Gasteiger partial charge on any atom is -0.492 e. The molecule has 112 valence electrons. The summed E-state index contributed by atoms with van der Waals surface area (Å²) < 4.78 is 5.81. The molecule has 0 unspecified atom stereocenters. The molecule has 1 aromatic carbocycles. The van der Waals surface area contributed by atoms with Crippen LogP contribution in [0.4, 0.5) is 0 Å². The molecule has 1 heterocycles. The molecule has 1 aromatic rings. The Kier molecular flexibility index (Phi) is 6.30. The lowest BCUT2D eigenvalue weighted by atomic mass is 10.2. The van der Waals surface area contributed by atoms with Gasteiger partial charge in [0.25, 0.3) is 0 Å². The van der Waals surface area contributed by atoms with Crippen molar-refractivity contribution in [2.45, 2.75) is 19.9 Å². The van der Waals surface area contributed by atoms with Crippen LogP contribution in [0.2, 0.25) is 0 Å². The zero-order valence-electron chi connectivity index (χ0n) is 12.6. The van der Waals surface area contributed by atoms with Crippen molar-refractivity contribution in [1.82, 2.24) is 9.80 Å². The fourth-order valence-corrected chi connectivity index (χ4v) is 2.61. The first kappa shape index (κ1) is 15.3. The second kappa shape index (κ2) is 8.25. The molecule has 0 radical (unpaired) electrons. The van der Waals surface area contributed by atoms with Gasteiger partial charge in [-0.15, -0.1) is 0 Å². The Morgan fingerprint density at radius 2 is 1.80 bits per heavy atom. The number of nitrogens with zero attached hydrogens (tertiary/aromatic N) is 2. The Bertz CT molecular complexity index is 389. The molecule has 1 aliphatic rings. The summed E-state index contributed by atoms with van der Waals surface area (Å²) in [5.74, 6) is 0.928. The second-order valence-corrected chi connectivity index (χ2v) is 5.38. The molecule has 0 aromatic heterocycles. The van der Waals surface area contributed by atoms with Crippen LogP contribution in [0.1, 0.15) is 18.9 Å². The van der Waals surface area contributed by atoms with Gasteiger partial charge in [-0.05, 0) is 30.7 Å². The summed E-state index contributed by atoms with van der Waals surface area (Å²) in [4.78, 5) is 5.03. The number of hydrogen-bond acceptors (Lipinski definition) is 4. The van der Waals surface area contributed by atoms with Crippen molar-refractivity contribution in [1.29, 1.82) is 0 Å². The number of nitrogens with two attached hydrogens (primary N) is 1. The Hall–Kier alpha value is -1.10. The Labute approximate surface area is 122 Å². The quantitative estimate of drug-likeness (QED) is 0.821. The molecule has 4 heteroatoms. The molecule has 20 heavy (non-hydrogen) atoms. The van der Waals surface area contributed by atoms with Gasteiger partial charge in [0.05, 0.1) is 0 Å². The van der Waals surface area contributed by atoms with E-state index in [2.05, 4.69) is 16.7 Å². The Morgan fingerprint density at radius 1 is 1.10 bits per heavy atom. The molecule has 2 N–H and O–H groups in total. The van der Waals surface area contributed by atoms with E-state index < -0.39 is 0 Å². The Balaban J connectivity index is 1.66. The fraction of sp³-hybridized carbons (Fsp3) is 0.625. The van der Waals surface area contributed by atoms with Crippen molar-refractivity contribution in [2.24, 2.45) is 5.73 Å². The highest BCUT2D eigenvalue weighted by Gasteiger charge is 2.15. The predicted molar refractivity (Wildman–Crippen MR) is 83.0 cm³/mol. The lowest BCUT2D eigenvalue weighted by Gasteiger charge is -2.34. The molecule has 1 aliphatic heterocycles. The van der Waals surface area contributed by atoms with Crippen LogP contribution < -0.4 is 10.5 Å². The summed E-state index contributed by atoms with van der Waals surface area (Å²) in [5, 5.41) is 0. The third kappa shape index (κ3) is 4.78. The van der Waals surface area contributed by atoms with Crippen LogP contribution in [0.25, 0.3) is 0 Å². The lowest BCUT2D eigenvalue weighted by molar-refractivity contribution is 0.117. The van der Waals surface area contributed by atoms with Crippen molar-refractivity contribution in [3.63, 3.8) is 0 Å². The molecular formula is C16H27N3O. The van der Waals surface area contributed by atoms with E-state index in [0.717, 1.165) is 37.6 Å². The highest BCUT2D eigenvalue weighted by molar-refractivity contribution is 5.28. The lowest BCUT2D eigenvalue weighted by Crippen LogP contribution is -2.47. The third-order valence-electron chi connectivity index (χ3n) is 3.82. The molecule has 0 spiro atoms. The number of ether oxygens (including phenoxy) is 1. The van der Waals surface area contributed by atoms with Gasteiger partial charge in [-0.2, -0.15) is 0 Å². The average Bonchev–Trinajstić information content (AvgIpc) is 2.50. The van der Waals surface area contributed by atoms with Gasteiger partial charge in [0, 0.05) is 39.3 Å². The van der Waals surface area contributed by atoms with E-state index >= 15 is 0 Å². The number of rotatable bonds is 7. The topological polar surface area (TPSA) is 41.7 Å². The normalized spacial score (nSPS) is 17.3.